The highest BCUT2D eigenvalue weighted by molar-refractivity contribution is 5.15. The third kappa shape index (κ3) is 4.65. The molecule has 1 aromatic rings. The van der Waals surface area contributed by atoms with Gasteiger partial charge in [-0.3, -0.25) is 0 Å². The molecule has 0 spiro atoms. The molecule has 0 aliphatic heterocycles. The molecule has 9 atom stereocenters. The number of benzene rings is 1. The van der Waals surface area contributed by atoms with Crippen LogP contribution in [0.25, 0.3) is 0 Å². The van der Waals surface area contributed by atoms with E-state index in [4.69, 9.17) is 0 Å². The number of nitrogens with one attached hydrogen (secondary N) is 1. The molecule has 4 aliphatic rings. The lowest BCUT2D eigenvalue weighted by Gasteiger charge is -2.58. The van der Waals surface area contributed by atoms with Crippen molar-refractivity contribution in [2.75, 3.05) is 0 Å². The minimum absolute atomic E-state index is 0.572. The third-order valence-electron chi connectivity index (χ3n) is 11.9. The molecule has 4 aliphatic carbocycles. The Kier molecular flexibility index (Phi) is 7.51. The van der Waals surface area contributed by atoms with Crippen molar-refractivity contribution >= 4 is 0 Å². The first kappa shape index (κ1) is 24.9. The molecular weight excluding hydrogens is 410 g/mol. The second kappa shape index (κ2) is 10.3. The molecule has 190 valence electrons. The van der Waals surface area contributed by atoms with Crippen LogP contribution < -0.4 is 5.32 Å². The van der Waals surface area contributed by atoms with Crippen molar-refractivity contribution in [1.82, 2.24) is 5.32 Å². The van der Waals surface area contributed by atoms with Crippen LogP contribution in [0.1, 0.15) is 117 Å². The Labute approximate surface area is 211 Å². The van der Waals surface area contributed by atoms with E-state index in [1.807, 2.05) is 0 Å². The van der Waals surface area contributed by atoms with Gasteiger partial charge in [-0.05, 0) is 123 Å². The lowest BCUT2D eigenvalue weighted by atomic mass is 9.47. The van der Waals surface area contributed by atoms with Gasteiger partial charge in [0.2, 0.25) is 0 Å². The Morgan fingerprint density at radius 3 is 2.44 bits per heavy atom. The number of hydrogen-bond donors (Lipinski definition) is 1. The monoisotopic (exact) mass is 463 g/mol. The highest BCUT2D eigenvalue weighted by Crippen LogP contribution is 2.65. The SMILES string of the molecule is CCCCC1(C)CCC2[C@H](CCC3[C@@H]2CC[C@]2(C)[C@@H]([C@@H](CC)NCc4ccccc4)CC[C@@H]32)C1. The first-order valence-corrected chi connectivity index (χ1v) is 15.2. The van der Waals surface area contributed by atoms with E-state index in [2.05, 4.69) is 63.3 Å². The smallest absolute Gasteiger partial charge is 0.0208 e. The molecule has 0 amide bonds. The summed E-state index contributed by atoms with van der Waals surface area (Å²) >= 11 is 0. The molecule has 0 saturated heterocycles. The number of hydrogen-bond acceptors (Lipinski definition) is 1. The Morgan fingerprint density at radius 1 is 0.882 bits per heavy atom. The summed E-state index contributed by atoms with van der Waals surface area (Å²) in [6.45, 7) is 11.2. The second-order valence-corrected chi connectivity index (χ2v) is 13.7. The van der Waals surface area contributed by atoms with E-state index in [-0.39, 0.29) is 0 Å². The molecule has 1 aromatic carbocycles. The van der Waals surface area contributed by atoms with Crippen LogP contribution in [0.4, 0.5) is 0 Å². The van der Waals surface area contributed by atoms with E-state index in [9.17, 15) is 0 Å². The molecular formula is C33H53N. The highest BCUT2D eigenvalue weighted by atomic mass is 14.9. The fourth-order valence-electron chi connectivity index (χ4n) is 10.1. The summed E-state index contributed by atoms with van der Waals surface area (Å²) in [7, 11) is 0. The van der Waals surface area contributed by atoms with Gasteiger partial charge < -0.3 is 5.32 Å². The van der Waals surface area contributed by atoms with Crippen molar-refractivity contribution in [2.45, 2.75) is 124 Å². The standard InChI is InChI=1S/C33H53N/c1-5-7-19-32(3)20-17-26-25(22-32)13-14-28-27(26)18-21-33(4)29(28)15-16-30(33)31(6-2)34-23-24-11-9-8-10-12-24/h8-12,25-31,34H,5-7,13-23H2,1-4H3/t25-,26?,27-,28?,29+,30-,31-,32?,33+/m1/s1. The van der Waals surface area contributed by atoms with Crippen molar-refractivity contribution < 1.29 is 0 Å². The fourth-order valence-corrected chi connectivity index (χ4v) is 10.1. The van der Waals surface area contributed by atoms with Crippen LogP contribution in [0.2, 0.25) is 0 Å². The van der Waals surface area contributed by atoms with E-state index in [1.165, 1.54) is 63.4 Å². The van der Waals surface area contributed by atoms with E-state index < -0.39 is 0 Å². The van der Waals surface area contributed by atoms with Crippen molar-refractivity contribution in [2.24, 2.45) is 46.3 Å². The third-order valence-corrected chi connectivity index (χ3v) is 11.9. The summed E-state index contributed by atoms with van der Waals surface area (Å²) in [6.07, 6.45) is 19.3. The summed E-state index contributed by atoms with van der Waals surface area (Å²) in [5.74, 6) is 6.08. The largest absolute Gasteiger partial charge is 0.310 e. The first-order valence-electron chi connectivity index (χ1n) is 15.2. The Hall–Kier alpha value is -0.820. The van der Waals surface area contributed by atoms with Gasteiger partial charge in [-0.25, -0.2) is 0 Å². The van der Waals surface area contributed by atoms with Gasteiger partial charge in [-0.2, -0.15) is 0 Å². The first-order chi connectivity index (χ1) is 16.5. The van der Waals surface area contributed by atoms with Crippen LogP contribution in [-0.2, 0) is 6.54 Å². The summed E-state index contributed by atoms with van der Waals surface area (Å²) in [6, 6.07) is 11.7. The van der Waals surface area contributed by atoms with Crippen molar-refractivity contribution in [1.29, 1.82) is 0 Å². The van der Waals surface area contributed by atoms with Gasteiger partial charge in [0.1, 0.15) is 0 Å². The number of rotatable bonds is 8. The van der Waals surface area contributed by atoms with E-state index in [0.717, 1.165) is 42.1 Å². The van der Waals surface area contributed by atoms with Crippen LogP contribution >= 0.6 is 0 Å². The Morgan fingerprint density at radius 2 is 1.68 bits per heavy atom. The van der Waals surface area contributed by atoms with Crippen molar-refractivity contribution in [3.63, 3.8) is 0 Å². The average molecular weight is 464 g/mol. The van der Waals surface area contributed by atoms with Gasteiger partial charge >= 0.3 is 0 Å². The van der Waals surface area contributed by atoms with Crippen LogP contribution in [0.3, 0.4) is 0 Å². The quantitative estimate of drug-likeness (QED) is 0.405. The zero-order valence-electron chi connectivity index (χ0n) is 22.8. The van der Waals surface area contributed by atoms with Gasteiger partial charge in [0.25, 0.3) is 0 Å². The Balaban J connectivity index is 1.24. The molecule has 1 nitrogen and oxygen atoms in total. The highest BCUT2D eigenvalue weighted by Gasteiger charge is 2.58. The predicted molar refractivity (Wildman–Crippen MR) is 146 cm³/mol. The number of unbranched alkanes of at least 4 members (excludes halogenated alkanes) is 1. The Bertz CT molecular complexity index is 787. The zero-order chi connectivity index (χ0) is 23.8. The normalized spacial score (nSPS) is 42.5. The van der Waals surface area contributed by atoms with Gasteiger partial charge in [0.15, 0.2) is 0 Å². The van der Waals surface area contributed by atoms with Crippen LogP contribution in [0.5, 0.6) is 0 Å². The lowest BCUT2D eigenvalue weighted by molar-refractivity contribution is -0.0822. The maximum absolute atomic E-state index is 4.03. The van der Waals surface area contributed by atoms with Crippen LogP contribution in [0, 0.1) is 46.3 Å². The average Bonchev–Trinajstić information content (AvgIpc) is 3.21. The molecule has 0 aromatic heterocycles. The maximum atomic E-state index is 4.03. The number of fused-ring (bicyclic) bond motifs is 5. The molecule has 5 rings (SSSR count). The molecule has 4 fully saturated rings. The lowest BCUT2D eigenvalue weighted by Crippen LogP contribution is -2.51. The van der Waals surface area contributed by atoms with Crippen molar-refractivity contribution in [3.05, 3.63) is 35.9 Å². The molecule has 3 unspecified atom stereocenters. The summed E-state index contributed by atoms with van der Waals surface area (Å²) in [5, 5.41) is 4.03. The minimum Gasteiger partial charge on any atom is -0.310 e. The van der Waals surface area contributed by atoms with E-state index in [0.29, 0.717) is 16.9 Å². The summed E-state index contributed by atoms with van der Waals surface area (Å²) < 4.78 is 0. The molecule has 1 heteroatoms. The zero-order valence-corrected chi connectivity index (χ0v) is 22.8. The van der Waals surface area contributed by atoms with E-state index >= 15 is 0 Å². The topological polar surface area (TPSA) is 12.0 Å². The molecule has 34 heavy (non-hydrogen) atoms. The van der Waals surface area contributed by atoms with Crippen LogP contribution in [0.15, 0.2) is 30.3 Å². The van der Waals surface area contributed by atoms with Gasteiger partial charge in [-0.15, -0.1) is 0 Å². The van der Waals surface area contributed by atoms with Gasteiger partial charge in [0.05, 0.1) is 0 Å². The predicted octanol–water partition coefficient (Wildman–Crippen LogP) is 9.02. The maximum Gasteiger partial charge on any atom is 0.0208 e. The second-order valence-electron chi connectivity index (χ2n) is 13.7. The molecule has 0 heterocycles. The minimum atomic E-state index is 0.572. The van der Waals surface area contributed by atoms with E-state index in [1.54, 1.807) is 25.7 Å². The molecule has 1 N–H and O–H groups in total. The van der Waals surface area contributed by atoms with Gasteiger partial charge in [0, 0.05) is 12.6 Å². The van der Waals surface area contributed by atoms with Gasteiger partial charge in [-0.1, -0.05) is 70.9 Å². The summed E-state index contributed by atoms with van der Waals surface area (Å²) in [4.78, 5) is 0. The molecule has 0 bridgehead atoms. The molecule has 4 saturated carbocycles. The van der Waals surface area contributed by atoms with Crippen molar-refractivity contribution in [3.8, 4) is 0 Å². The molecule has 0 radical (unpaired) electrons. The van der Waals surface area contributed by atoms with Crippen LogP contribution in [-0.4, -0.2) is 6.04 Å². The summed E-state index contributed by atoms with van der Waals surface area (Å²) in [5.41, 5.74) is 2.67. The fraction of sp³-hybridized carbons (Fsp3) is 0.818.